The van der Waals surface area contributed by atoms with Gasteiger partial charge < -0.3 is 5.73 Å². The SMILES string of the molecule is CC(C)(C)C1CCC(N)(c2cccc(F)c2F)CC1. The van der Waals surface area contributed by atoms with E-state index in [0.29, 0.717) is 11.5 Å². The topological polar surface area (TPSA) is 26.0 Å². The van der Waals surface area contributed by atoms with E-state index in [1.54, 1.807) is 6.07 Å². The first-order chi connectivity index (χ1) is 8.74. The standard InChI is InChI=1S/C16H23F2N/c1-15(2,3)11-7-9-16(19,10-8-11)12-5-4-6-13(17)14(12)18/h4-6,11H,7-10,19H2,1-3H3. The van der Waals surface area contributed by atoms with E-state index in [1.807, 2.05) is 0 Å². The maximum absolute atomic E-state index is 13.9. The Morgan fingerprint density at radius 2 is 1.74 bits per heavy atom. The Labute approximate surface area is 114 Å². The zero-order chi connectivity index (χ0) is 14.3. The van der Waals surface area contributed by atoms with E-state index in [0.717, 1.165) is 31.7 Å². The predicted molar refractivity (Wildman–Crippen MR) is 73.6 cm³/mol. The van der Waals surface area contributed by atoms with Gasteiger partial charge in [-0.15, -0.1) is 0 Å². The molecule has 0 heterocycles. The molecule has 0 radical (unpaired) electrons. The zero-order valence-electron chi connectivity index (χ0n) is 12.0. The van der Waals surface area contributed by atoms with Gasteiger partial charge in [0.15, 0.2) is 11.6 Å². The van der Waals surface area contributed by atoms with Crippen LogP contribution in [-0.2, 0) is 5.54 Å². The number of hydrogen-bond acceptors (Lipinski definition) is 1. The molecule has 0 aliphatic heterocycles. The molecule has 1 saturated carbocycles. The van der Waals surface area contributed by atoms with Crippen molar-refractivity contribution in [1.29, 1.82) is 0 Å². The summed E-state index contributed by atoms with van der Waals surface area (Å²) < 4.78 is 27.2. The molecular formula is C16H23F2N. The Morgan fingerprint density at radius 1 is 1.16 bits per heavy atom. The third kappa shape index (κ3) is 2.81. The molecule has 1 aliphatic rings. The molecule has 0 spiro atoms. The molecule has 1 fully saturated rings. The van der Waals surface area contributed by atoms with Crippen molar-refractivity contribution in [2.24, 2.45) is 17.1 Å². The van der Waals surface area contributed by atoms with E-state index < -0.39 is 17.2 Å². The van der Waals surface area contributed by atoms with Crippen LogP contribution in [0.15, 0.2) is 18.2 Å². The van der Waals surface area contributed by atoms with E-state index in [2.05, 4.69) is 20.8 Å². The molecule has 1 aromatic rings. The van der Waals surface area contributed by atoms with Gasteiger partial charge in [-0.25, -0.2) is 8.78 Å². The van der Waals surface area contributed by atoms with Crippen molar-refractivity contribution in [2.75, 3.05) is 0 Å². The molecule has 3 heteroatoms. The Morgan fingerprint density at radius 3 is 2.26 bits per heavy atom. The molecule has 19 heavy (non-hydrogen) atoms. The summed E-state index contributed by atoms with van der Waals surface area (Å²) in [6, 6.07) is 4.30. The number of halogens is 2. The molecule has 1 nitrogen and oxygen atoms in total. The largest absolute Gasteiger partial charge is 0.321 e. The Balaban J connectivity index is 2.21. The first kappa shape index (κ1) is 14.4. The minimum Gasteiger partial charge on any atom is -0.321 e. The van der Waals surface area contributed by atoms with Crippen LogP contribution in [-0.4, -0.2) is 0 Å². The number of rotatable bonds is 1. The number of nitrogens with two attached hydrogens (primary N) is 1. The van der Waals surface area contributed by atoms with Crippen LogP contribution in [0.3, 0.4) is 0 Å². The lowest BCUT2D eigenvalue weighted by molar-refractivity contribution is 0.132. The Hall–Kier alpha value is -0.960. The molecule has 0 amide bonds. The van der Waals surface area contributed by atoms with Crippen LogP contribution in [0.25, 0.3) is 0 Å². The van der Waals surface area contributed by atoms with Crippen LogP contribution in [0.5, 0.6) is 0 Å². The van der Waals surface area contributed by atoms with E-state index in [4.69, 9.17) is 5.73 Å². The van der Waals surface area contributed by atoms with Crippen LogP contribution < -0.4 is 5.73 Å². The smallest absolute Gasteiger partial charge is 0.163 e. The maximum Gasteiger partial charge on any atom is 0.163 e. The monoisotopic (exact) mass is 267 g/mol. The second-order valence-electron chi connectivity index (χ2n) is 6.90. The van der Waals surface area contributed by atoms with Crippen LogP contribution in [0, 0.1) is 23.0 Å². The highest BCUT2D eigenvalue weighted by Crippen LogP contribution is 2.44. The maximum atomic E-state index is 13.9. The van der Waals surface area contributed by atoms with Crippen molar-refractivity contribution < 1.29 is 8.78 Å². The lowest BCUT2D eigenvalue weighted by Crippen LogP contribution is -2.43. The van der Waals surface area contributed by atoms with Crippen molar-refractivity contribution in [1.82, 2.24) is 0 Å². The average Bonchev–Trinajstić information content (AvgIpc) is 2.32. The van der Waals surface area contributed by atoms with E-state index in [-0.39, 0.29) is 5.41 Å². The van der Waals surface area contributed by atoms with E-state index in [1.165, 1.54) is 6.07 Å². The van der Waals surface area contributed by atoms with Crippen molar-refractivity contribution >= 4 is 0 Å². The summed E-state index contributed by atoms with van der Waals surface area (Å²) in [5.74, 6) is -0.986. The zero-order valence-corrected chi connectivity index (χ0v) is 12.0. The number of benzene rings is 1. The lowest BCUT2D eigenvalue weighted by Gasteiger charge is -2.42. The summed E-state index contributed by atoms with van der Waals surface area (Å²) in [4.78, 5) is 0. The fraction of sp³-hybridized carbons (Fsp3) is 0.625. The van der Waals surface area contributed by atoms with Crippen LogP contribution >= 0.6 is 0 Å². The lowest BCUT2D eigenvalue weighted by atomic mass is 9.66. The van der Waals surface area contributed by atoms with Crippen molar-refractivity contribution in [3.8, 4) is 0 Å². The highest BCUT2D eigenvalue weighted by Gasteiger charge is 2.38. The Bertz CT molecular complexity index is 454. The summed E-state index contributed by atoms with van der Waals surface area (Å²) in [7, 11) is 0. The summed E-state index contributed by atoms with van der Waals surface area (Å²) in [5, 5.41) is 0. The summed E-state index contributed by atoms with van der Waals surface area (Å²) in [6.07, 6.45) is 3.37. The van der Waals surface area contributed by atoms with Gasteiger partial charge in [0.05, 0.1) is 0 Å². The van der Waals surface area contributed by atoms with Gasteiger partial charge in [-0.05, 0) is 43.1 Å². The van der Waals surface area contributed by atoms with Crippen LogP contribution in [0.2, 0.25) is 0 Å². The van der Waals surface area contributed by atoms with Gasteiger partial charge in [-0.2, -0.15) is 0 Å². The molecule has 2 N–H and O–H groups in total. The fourth-order valence-corrected chi connectivity index (χ4v) is 3.16. The van der Waals surface area contributed by atoms with Crippen molar-refractivity contribution in [2.45, 2.75) is 52.0 Å². The van der Waals surface area contributed by atoms with Crippen molar-refractivity contribution in [3.63, 3.8) is 0 Å². The first-order valence-corrected chi connectivity index (χ1v) is 6.97. The van der Waals surface area contributed by atoms with Gasteiger partial charge in [0.2, 0.25) is 0 Å². The third-order valence-electron chi connectivity index (χ3n) is 4.59. The van der Waals surface area contributed by atoms with Gasteiger partial charge in [-0.3, -0.25) is 0 Å². The Kier molecular flexibility index (Phi) is 3.69. The first-order valence-electron chi connectivity index (χ1n) is 6.97. The fourth-order valence-electron chi connectivity index (χ4n) is 3.16. The van der Waals surface area contributed by atoms with Crippen LogP contribution in [0.4, 0.5) is 8.78 Å². The molecule has 0 aromatic heterocycles. The van der Waals surface area contributed by atoms with Crippen molar-refractivity contribution in [3.05, 3.63) is 35.4 Å². The molecule has 0 unspecified atom stereocenters. The molecule has 0 bridgehead atoms. The minimum absolute atomic E-state index is 0.252. The van der Waals surface area contributed by atoms with Crippen LogP contribution in [0.1, 0.15) is 52.0 Å². The molecule has 1 aliphatic carbocycles. The summed E-state index contributed by atoms with van der Waals surface area (Å²) in [5.41, 5.74) is 6.22. The van der Waals surface area contributed by atoms with Gasteiger partial charge in [0, 0.05) is 11.1 Å². The molecule has 106 valence electrons. The second kappa shape index (κ2) is 4.86. The minimum atomic E-state index is -0.805. The summed E-state index contributed by atoms with van der Waals surface area (Å²) in [6.45, 7) is 6.68. The summed E-state index contributed by atoms with van der Waals surface area (Å²) >= 11 is 0. The highest BCUT2D eigenvalue weighted by atomic mass is 19.2. The normalized spacial score (nSPS) is 28.4. The van der Waals surface area contributed by atoms with Gasteiger partial charge >= 0.3 is 0 Å². The second-order valence-corrected chi connectivity index (χ2v) is 6.90. The highest BCUT2D eigenvalue weighted by molar-refractivity contribution is 5.27. The van der Waals surface area contributed by atoms with Gasteiger partial charge in [-0.1, -0.05) is 32.9 Å². The average molecular weight is 267 g/mol. The molecule has 0 atom stereocenters. The third-order valence-corrected chi connectivity index (χ3v) is 4.59. The van der Waals surface area contributed by atoms with E-state index in [9.17, 15) is 8.78 Å². The van der Waals surface area contributed by atoms with Gasteiger partial charge in [0.25, 0.3) is 0 Å². The quantitative estimate of drug-likeness (QED) is 0.804. The molecule has 0 saturated heterocycles. The molecular weight excluding hydrogens is 244 g/mol. The molecule has 1 aromatic carbocycles. The molecule has 2 rings (SSSR count). The van der Waals surface area contributed by atoms with E-state index >= 15 is 0 Å². The number of hydrogen-bond donors (Lipinski definition) is 1. The predicted octanol–water partition coefficient (Wildman–Crippen LogP) is 4.36. The van der Waals surface area contributed by atoms with Gasteiger partial charge in [0.1, 0.15) is 0 Å².